The highest BCUT2D eigenvalue weighted by atomic mass is 32.1. The molecular weight excluding hydrogens is 497 g/mol. The van der Waals surface area contributed by atoms with Gasteiger partial charge in [0.1, 0.15) is 17.3 Å². The highest BCUT2D eigenvalue weighted by Crippen LogP contribution is 2.47. The molecule has 1 fully saturated rings. The van der Waals surface area contributed by atoms with Crippen molar-refractivity contribution >= 4 is 22.9 Å². The first-order valence-corrected chi connectivity index (χ1v) is 13.2. The second-order valence-corrected chi connectivity index (χ2v) is 10.3. The molecular formula is C32H30FNO3S. The molecule has 0 amide bonds. The fourth-order valence-corrected chi connectivity index (χ4v) is 5.86. The van der Waals surface area contributed by atoms with Gasteiger partial charge in [-0.25, -0.2) is 4.39 Å². The summed E-state index contributed by atoms with van der Waals surface area (Å²) >= 11 is 5.86. The third-order valence-electron chi connectivity index (χ3n) is 7.30. The summed E-state index contributed by atoms with van der Waals surface area (Å²) in [5.74, 6) is 0.169. The fourth-order valence-electron chi connectivity index (χ4n) is 5.43. The molecule has 4 aromatic carbocycles. The topological polar surface area (TPSA) is 63.9 Å². The predicted octanol–water partition coefficient (Wildman–Crippen LogP) is 7.70. The molecule has 1 saturated heterocycles. The number of rotatable bonds is 8. The summed E-state index contributed by atoms with van der Waals surface area (Å²) in [4.78, 5) is 2.96. The monoisotopic (exact) mass is 527 g/mol. The minimum absolute atomic E-state index is 0.139. The fraction of sp³-hybridized carbons (Fsp3) is 0.219. The second-order valence-electron chi connectivity index (χ2n) is 9.83. The first kappa shape index (κ1) is 25.9. The number of aliphatic hydroxyl groups excluding tert-OH is 1. The van der Waals surface area contributed by atoms with Crippen molar-refractivity contribution in [2.45, 2.75) is 37.8 Å². The van der Waals surface area contributed by atoms with Gasteiger partial charge in [0.05, 0.1) is 17.1 Å². The zero-order valence-electron chi connectivity index (χ0n) is 20.9. The van der Waals surface area contributed by atoms with Crippen LogP contribution in [0.25, 0.3) is 11.1 Å². The zero-order valence-corrected chi connectivity index (χ0v) is 21.7. The van der Waals surface area contributed by atoms with Crippen molar-refractivity contribution in [3.8, 4) is 22.6 Å². The van der Waals surface area contributed by atoms with Gasteiger partial charge in [-0.2, -0.15) is 0 Å². The molecule has 3 atom stereocenters. The van der Waals surface area contributed by atoms with Gasteiger partial charge in [0.2, 0.25) is 0 Å². The Balaban J connectivity index is 1.41. The van der Waals surface area contributed by atoms with Crippen LogP contribution >= 0.6 is 12.2 Å². The third-order valence-corrected chi connectivity index (χ3v) is 7.66. The van der Waals surface area contributed by atoms with E-state index in [0.717, 1.165) is 40.2 Å². The molecule has 4 nitrogen and oxygen atoms in total. The molecule has 0 aromatic heterocycles. The van der Waals surface area contributed by atoms with Gasteiger partial charge < -0.3 is 20.2 Å². The lowest BCUT2D eigenvalue weighted by molar-refractivity contribution is 0.160. The number of anilines is 1. The Morgan fingerprint density at radius 3 is 2.32 bits per heavy atom. The molecule has 5 rings (SSSR count). The zero-order chi connectivity index (χ0) is 26.6. The van der Waals surface area contributed by atoms with E-state index in [1.54, 1.807) is 36.4 Å². The lowest BCUT2D eigenvalue weighted by atomic mass is 9.87. The molecule has 0 spiro atoms. The average Bonchev–Trinajstić information content (AvgIpc) is 3.24. The van der Waals surface area contributed by atoms with Crippen molar-refractivity contribution < 1.29 is 19.7 Å². The van der Waals surface area contributed by atoms with E-state index in [-0.39, 0.29) is 29.3 Å². The molecule has 0 saturated carbocycles. The Hall–Kier alpha value is -3.74. The Morgan fingerprint density at radius 1 is 0.868 bits per heavy atom. The van der Waals surface area contributed by atoms with E-state index < -0.39 is 6.10 Å². The molecule has 3 N–H and O–H groups in total. The van der Waals surface area contributed by atoms with Crippen molar-refractivity contribution in [2.75, 3.05) is 4.90 Å². The number of phenolic OH excluding ortho intramolecular Hbond substituents is 2. The van der Waals surface area contributed by atoms with Crippen molar-refractivity contribution in [3.63, 3.8) is 0 Å². The summed E-state index contributed by atoms with van der Waals surface area (Å²) in [5, 5.41) is 31.8. The van der Waals surface area contributed by atoms with Crippen LogP contribution in [0.5, 0.6) is 11.5 Å². The summed E-state index contributed by atoms with van der Waals surface area (Å²) in [5.41, 5.74) is 4.11. The molecule has 0 bridgehead atoms. The number of para-hydroxylation sites is 1. The first-order valence-electron chi connectivity index (χ1n) is 12.8. The SMILES string of the molecule is Oc1cccc(-c2ccc(C3C(CCCC(O)c4ccc(F)cc4)CC(=S)N3c3ccccc3)c(O)c2)c1. The molecule has 0 radical (unpaired) electrons. The van der Waals surface area contributed by atoms with Gasteiger partial charge in [-0.15, -0.1) is 0 Å². The number of hydrogen-bond donors (Lipinski definition) is 3. The van der Waals surface area contributed by atoms with Crippen molar-refractivity contribution in [1.82, 2.24) is 0 Å². The number of halogens is 1. The molecule has 1 aliphatic rings. The molecule has 3 unspecified atom stereocenters. The standard InChI is InChI=1S/C32H30FNO3S/c33-25-15-12-21(13-16-25)29(36)11-5-7-24-20-31(38)34(26-8-2-1-3-9-26)32(24)28-17-14-23(19-30(28)37)22-6-4-10-27(35)18-22/h1-4,6,8-10,12-19,24,29,32,35-37H,5,7,11,20H2. The van der Waals surface area contributed by atoms with Crippen LogP contribution in [-0.2, 0) is 0 Å². The smallest absolute Gasteiger partial charge is 0.123 e. The van der Waals surface area contributed by atoms with Crippen LogP contribution < -0.4 is 4.90 Å². The lowest BCUT2D eigenvalue weighted by Gasteiger charge is -2.31. The lowest BCUT2D eigenvalue weighted by Crippen LogP contribution is -2.28. The maximum Gasteiger partial charge on any atom is 0.123 e. The molecule has 6 heteroatoms. The number of thiocarbonyl (C=S) groups is 1. The minimum atomic E-state index is -0.664. The normalized spacial score (nSPS) is 18.1. The maximum atomic E-state index is 13.3. The van der Waals surface area contributed by atoms with Crippen molar-refractivity contribution in [1.29, 1.82) is 0 Å². The average molecular weight is 528 g/mol. The Labute approximate surface area is 227 Å². The molecule has 1 heterocycles. The Kier molecular flexibility index (Phi) is 7.72. The van der Waals surface area contributed by atoms with Crippen LogP contribution in [-0.4, -0.2) is 20.3 Å². The van der Waals surface area contributed by atoms with Crippen LogP contribution in [0.15, 0.2) is 97.1 Å². The Morgan fingerprint density at radius 2 is 1.61 bits per heavy atom. The van der Waals surface area contributed by atoms with Crippen LogP contribution in [0.3, 0.4) is 0 Å². The highest BCUT2D eigenvalue weighted by Gasteiger charge is 2.40. The van der Waals surface area contributed by atoms with E-state index in [2.05, 4.69) is 4.90 Å². The van der Waals surface area contributed by atoms with E-state index >= 15 is 0 Å². The van der Waals surface area contributed by atoms with E-state index in [1.165, 1.54) is 12.1 Å². The largest absolute Gasteiger partial charge is 0.508 e. The number of nitrogens with zero attached hydrogens (tertiary/aromatic N) is 1. The predicted molar refractivity (Wildman–Crippen MR) is 153 cm³/mol. The van der Waals surface area contributed by atoms with Crippen LogP contribution in [0.4, 0.5) is 10.1 Å². The maximum absolute atomic E-state index is 13.3. The van der Waals surface area contributed by atoms with Crippen LogP contribution in [0, 0.1) is 11.7 Å². The summed E-state index contributed by atoms with van der Waals surface area (Å²) in [7, 11) is 0. The van der Waals surface area contributed by atoms with Gasteiger partial charge in [0, 0.05) is 17.7 Å². The number of aliphatic hydroxyl groups is 1. The van der Waals surface area contributed by atoms with Crippen molar-refractivity contribution in [3.05, 3.63) is 114 Å². The number of hydrogen-bond acceptors (Lipinski definition) is 4. The second kappa shape index (κ2) is 11.3. The molecule has 194 valence electrons. The van der Waals surface area contributed by atoms with Crippen molar-refractivity contribution in [2.24, 2.45) is 5.92 Å². The summed E-state index contributed by atoms with van der Waals surface area (Å²) in [6, 6.07) is 28.4. The van der Waals surface area contributed by atoms with Gasteiger partial charge >= 0.3 is 0 Å². The molecule has 0 aliphatic carbocycles. The summed E-state index contributed by atoms with van der Waals surface area (Å²) in [6.45, 7) is 0. The van der Waals surface area contributed by atoms with Gasteiger partial charge in [0.15, 0.2) is 0 Å². The van der Waals surface area contributed by atoms with E-state index in [4.69, 9.17) is 12.2 Å². The third kappa shape index (κ3) is 5.57. The van der Waals surface area contributed by atoms with Gasteiger partial charge in [0.25, 0.3) is 0 Å². The molecule has 1 aliphatic heterocycles. The number of benzene rings is 4. The summed E-state index contributed by atoms with van der Waals surface area (Å²) < 4.78 is 13.3. The molecule has 38 heavy (non-hydrogen) atoms. The van der Waals surface area contributed by atoms with E-state index in [1.807, 2.05) is 48.5 Å². The Bertz CT molecular complexity index is 1410. The highest BCUT2D eigenvalue weighted by molar-refractivity contribution is 7.80. The minimum Gasteiger partial charge on any atom is -0.508 e. The van der Waals surface area contributed by atoms with Gasteiger partial charge in [-0.3, -0.25) is 0 Å². The molecule has 4 aromatic rings. The van der Waals surface area contributed by atoms with Gasteiger partial charge in [-0.05, 0) is 77.9 Å². The van der Waals surface area contributed by atoms with E-state index in [9.17, 15) is 19.7 Å². The van der Waals surface area contributed by atoms with Crippen LogP contribution in [0.2, 0.25) is 0 Å². The quantitative estimate of drug-likeness (QED) is 0.205. The summed E-state index contributed by atoms with van der Waals surface area (Å²) in [6.07, 6.45) is 2.15. The van der Waals surface area contributed by atoms with Crippen LogP contribution in [0.1, 0.15) is 49.0 Å². The first-order chi connectivity index (χ1) is 18.4. The van der Waals surface area contributed by atoms with Gasteiger partial charge in [-0.1, -0.05) is 73.2 Å². The van der Waals surface area contributed by atoms with E-state index in [0.29, 0.717) is 18.4 Å². The number of aromatic hydroxyl groups is 2. The number of phenols is 2.